The van der Waals surface area contributed by atoms with E-state index in [1.165, 1.54) is 18.3 Å². The van der Waals surface area contributed by atoms with E-state index >= 15 is 0 Å². The molecule has 0 aliphatic rings. The molecule has 0 saturated heterocycles. The van der Waals surface area contributed by atoms with Gasteiger partial charge in [-0.3, -0.25) is 14.6 Å². The van der Waals surface area contributed by atoms with Crippen LogP contribution in [0, 0.1) is 13.8 Å². The lowest BCUT2D eigenvalue weighted by Gasteiger charge is -2.10. The topological polar surface area (TPSA) is 59.1 Å². The number of Topliss-reactive ketones (excluding diaryl/α,β-unsaturated/α-hetero) is 1. The number of nitrogens with one attached hydrogen (secondary N) is 1. The second-order valence-corrected chi connectivity index (χ2v) is 7.01. The average Bonchev–Trinajstić information content (AvgIpc) is 3.08. The molecular formula is C20H18N2O2S. The summed E-state index contributed by atoms with van der Waals surface area (Å²) < 4.78 is 0. The smallest absolute Gasteiger partial charge is 0.265 e. The summed E-state index contributed by atoms with van der Waals surface area (Å²) in [5.74, 6) is -0.253. The molecule has 0 atom stereocenters. The molecule has 0 spiro atoms. The third-order valence-electron chi connectivity index (χ3n) is 3.86. The lowest BCUT2D eigenvalue weighted by atomic mass is 10.0. The predicted octanol–water partition coefficient (Wildman–Crippen LogP) is 4.88. The standard InChI is InChI=1S/C20H18N2O2S/c1-12-4-7-17(21-11-12)16-10-15(6-5-13(16)2)22-20(24)19-9-8-18(25-19)14(3)23/h4-11H,1-3H3,(H,22,24). The molecule has 2 heterocycles. The summed E-state index contributed by atoms with van der Waals surface area (Å²) in [6, 6.07) is 13.1. The second-order valence-electron chi connectivity index (χ2n) is 5.92. The number of carbonyl (C=O) groups is 2. The van der Waals surface area contributed by atoms with Gasteiger partial charge in [0.15, 0.2) is 5.78 Å². The van der Waals surface area contributed by atoms with Crippen molar-refractivity contribution in [1.82, 2.24) is 4.98 Å². The van der Waals surface area contributed by atoms with E-state index in [9.17, 15) is 9.59 Å². The molecule has 0 aliphatic heterocycles. The normalized spacial score (nSPS) is 10.5. The largest absolute Gasteiger partial charge is 0.321 e. The van der Waals surface area contributed by atoms with Crippen LogP contribution in [0.3, 0.4) is 0 Å². The Balaban J connectivity index is 1.85. The SMILES string of the molecule is CC(=O)c1ccc(C(=O)Nc2ccc(C)c(-c3ccc(C)cn3)c2)s1. The quantitative estimate of drug-likeness (QED) is 0.682. The second kappa shape index (κ2) is 6.99. The van der Waals surface area contributed by atoms with Gasteiger partial charge in [0.25, 0.3) is 5.91 Å². The van der Waals surface area contributed by atoms with Gasteiger partial charge in [-0.15, -0.1) is 11.3 Å². The van der Waals surface area contributed by atoms with E-state index in [-0.39, 0.29) is 11.7 Å². The molecule has 1 amide bonds. The summed E-state index contributed by atoms with van der Waals surface area (Å²) in [5, 5.41) is 2.89. The van der Waals surface area contributed by atoms with Crippen molar-refractivity contribution in [3.05, 3.63) is 69.5 Å². The maximum absolute atomic E-state index is 12.4. The van der Waals surface area contributed by atoms with Crippen LogP contribution in [-0.4, -0.2) is 16.7 Å². The van der Waals surface area contributed by atoms with E-state index in [0.29, 0.717) is 15.4 Å². The highest BCUT2D eigenvalue weighted by Gasteiger charge is 2.13. The van der Waals surface area contributed by atoms with Gasteiger partial charge in [0.05, 0.1) is 15.4 Å². The number of hydrogen-bond donors (Lipinski definition) is 1. The molecule has 0 radical (unpaired) electrons. The van der Waals surface area contributed by atoms with E-state index < -0.39 is 0 Å². The van der Waals surface area contributed by atoms with Crippen molar-refractivity contribution in [2.45, 2.75) is 20.8 Å². The van der Waals surface area contributed by atoms with E-state index in [1.807, 2.05) is 50.4 Å². The number of pyridine rings is 1. The number of thiophene rings is 1. The Morgan fingerprint density at radius 2 is 1.76 bits per heavy atom. The van der Waals surface area contributed by atoms with Crippen LogP contribution >= 0.6 is 11.3 Å². The molecular weight excluding hydrogens is 332 g/mol. The highest BCUT2D eigenvalue weighted by molar-refractivity contribution is 7.16. The minimum Gasteiger partial charge on any atom is -0.321 e. The van der Waals surface area contributed by atoms with Crippen LogP contribution in [0.25, 0.3) is 11.3 Å². The molecule has 0 unspecified atom stereocenters. The zero-order chi connectivity index (χ0) is 18.0. The van der Waals surface area contributed by atoms with Crippen LogP contribution in [0.4, 0.5) is 5.69 Å². The van der Waals surface area contributed by atoms with Crippen molar-refractivity contribution in [3.63, 3.8) is 0 Å². The number of anilines is 1. The highest BCUT2D eigenvalue weighted by Crippen LogP contribution is 2.26. The van der Waals surface area contributed by atoms with Crippen molar-refractivity contribution >= 4 is 28.7 Å². The number of carbonyl (C=O) groups excluding carboxylic acids is 2. The van der Waals surface area contributed by atoms with Crippen LogP contribution in [0.1, 0.15) is 37.4 Å². The van der Waals surface area contributed by atoms with Gasteiger partial charge < -0.3 is 5.32 Å². The fraction of sp³-hybridized carbons (Fsp3) is 0.150. The molecule has 0 aliphatic carbocycles. The minimum absolute atomic E-state index is 0.0351. The van der Waals surface area contributed by atoms with Gasteiger partial charge in [-0.05, 0) is 62.2 Å². The van der Waals surface area contributed by atoms with Gasteiger partial charge in [-0.2, -0.15) is 0 Å². The van der Waals surface area contributed by atoms with Gasteiger partial charge in [-0.25, -0.2) is 0 Å². The first-order chi connectivity index (χ1) is 11.9. The van der Waals surface area contributed by atoms with Crippen LogP contribution in [0.15, 0.2) is 48.7 Å². The van der Waals surface area contributed by atoms with Crippen molar-refractivity contribution in [2.24, 2.45) is 0 Å². The first-order valence-corrected chi connectivity index (χ1v) is 8.71. The Bertz CT molecular complexity index is 943. The van der Waals surface area contributed by atoms with Crippen molar-refractivity contribution in [2.75, 3.05) is 5.32 Å². The summed E-state index contributed by atoms with van der Waals surface area (Å²) in [6.45, 7) is 5.51. The molecule has 2 aromatic heterocycles. The summed E-state index contributed by atoms with van der Waals surface area (Å²) in [4.78, 5) is 29.3. The Labute approximate surface area is 150 Å². The fourth-order valence-corrected chi connectivity index (χ4v) is 3.24. The van der Waals surface area contributed by atoms with Gasteiger partial charge in [0.1, 0.15) is 0 Å². The van der Waals surface area contributed by atoms with Crippen LogP contribution in [-0.2, 0) is 0 Å². The Morgan fingerprint density at radius 1 is 1.00 bits per heavy atom. The first-order valence-electron chi connectivity index (χ1n) is 7.90. The number of ketones is 1. The zero-order valence-corrected chi connectivity index (χ0v) is 15.1. The Morgan fingerprint density at radius 3 is 2.40 bits per heavy atom. The molecule has 1 aromatic carbocycles. The first kappa shape index (κ1) is 17.0. The van der Waals surface area contributed by atoms with E-state index in [4.69, 9.17) is 0 Å². The molecule has 3 rings (SSSR count). The summed E-state index contributed by atoms with van der Waals surface area (Å²) >= 11 is 1.20. The molecule has 5 heteroatoms. The van der Waals surface area contributed by atoms with Crippen molar-refractivity contribution in [1.29, 1.82) is 0 Å². The molecule has 25 heavy (non-hydrogen) atoms. The van der Waals surface area contributed by atoms with Crippen LogP contribution in [0.5, 0.6) is 0 Å². The molecule has 0 bridgehead atoms. The molecule has 3 aromatic rings. The van der Waals surface area contributed by atoms with Gasteiger partial charge in [0, 0.05) is 17.4 Å². The lowest BCUT2D eigenvalue weighted by molar-refractivity contribution is 0.101. The number of aromatic nitrogens is 1. The van der Waals surface area contributed by atoms with E-state index in [1.54, 1.807) is 12.1 Å². The number of aryl methyl sites for hydroxylation is 2. The number of amides is 1. The van der Waals surface area contributed by atoms with Crippen LogP contribution in [0.2, 0.25) is 0 Å². The van der Waals surface area contributed by atoms with E-state index in [0.717, 1.165) is 22.4 Å². The third-order valence-corrected chi connectivity index (χ3v) is 5.04. The highest BCUT2D eigenvalue weighted by atomic mass is 32.1. The molecule has 0 fully saturated rings. The number of hydrogen-bond acceptors (Lipinski definition) is 4. The Hall–Kier alpha value is -2.79. The minimum atomic E-state index is -0.218. The fourth-order valence-electron chi connectivity index (χ4n) is 2.44. The number of benzene rings is 1. The number of nitrogens with zero attached hydrogens (tertiary/aromatic N) is 1. The molecule has 0 saturated carbocycles. The zero-order valence-electron chi connectivity index (χ0n) is 14.3. The van der Waals surface area contributed by atoms with Gasteiger partial charge in [0.2, 0.25) is 0 Å². The lowest BCUT2D eigenvalue weighted by Crippen LogP contribution is -2.10. The Kier molecular flexibility index (Phi) is 4.76. The molecule has 126 valence electrons. The summed E-state index contributed by atoms with van der Waals surface area (Å²) in [5.41, 5.74) is 4.74. The maximum Gasteiger partial charge on any atom is 0.265 e. The number of rotatable bonds is 4. The van der Waals surface area contributed by atoms with Crippen molar-refractivity contribution in [3.8, 4) is 11.3 Å². The van der Waals surface area contributed by atoms with E-state index in [2.05, 4.69) is 10.3 Å². The van der Waals surface area contributed by atoms with Crippen molar-refractivity contribution < 1.29 is 9.59 Å². The summed E-state index contributed by atoms with van der Waals surface area (Å²) in [6.07, 6.45) is 1.83. The third kappa shape index (κ3) is 3.83. The van der Waals surface area contributed by atoms with Gasteiger partial charge >= 0.3 is 0 Å². The van der Waals surface area contributed by atoms with Gasteiger partial charge in [-0.1, -0.05) is 12.1 Å². The average molecular weight is 350 g/mol. The van der Waals surface area contributed by atoms with Crippen LogP contribution < -0.4 is 5.32 Å². The maximum atomic E-state index is 12.4. The summed E-state index contributed by atoms with van der Waals surface area (Å²) in [7, 11) is 0. The predicted molar refractivity (Wildman–Crippen MR) is 101 cm³/mol. The monoisotopic (exact) mass is 350 g/mol. The molecule has 1 N–H and O–H groups in total. The molecule has 4 nitrogen and oxygen atoms in total.